The van der Waals surface area contributed by atoms with Gasteiger partial charge in [0.1, 0.15) is 0 Å². The molecule has 2 aromatic rings. The van der Waals surface area contributed by atoms with Crippen molar-refractivity contribution in [1.82, 2.24) is 0 Å². The van der Waals surface area contributed by atoms with Crippen LogP contribution in [0, 0.1) is 6.92 Å². The van der Waals surface area contributed by atoms with E-state index in [1.807, 2.05) is 67.6 Å². The predicted molar refractivity (Wildman–Crippen MR) is 98.8 cm³/mol. The minimum Gasteiger partial charge on any atom is -0.397 e. The third-order valence-corrected chi connectivity index (χ3v) is 2.82. The molecule has 0 saturated carbocycles. The maximum absolute atomic E-state index is 5.82. The average molecular weight is 292 g/mol. The second-order valence-electron chi connectivity index (χ2n) is 4.72. The van der Waals surface area contributed by atoms with Gasteiger partial charge in [0.25, 0.3) is 0 Å². The summed E-state index contributed by atoms with van der Waals surface area (Å²) in [4.78, 5) is 0. The molecule has 2 heteroatoms. The van der Waals surface area contributed by atoms with Crippen LogP contribution in [0.2, 0.25) is 0 Å². The molecule has 0 saturated heterocycles. The lowest BCUT2D eigenvalue weighted by Gasteiger charge is -2.09. The van der Waals surface area contributed by atoms with Crippen molar-refractivity contribution in [2.75, 3.05) is 11.1 Å². The Bertz CT molecular complexity index is 625. The summed E-state index contributed by atoms with van der Waals surface area (Å²) in [5.41, 5.74) is 9.75. The van der Waals surface area contributed by atoms with Gasteiger partial charge in [-0.25, -0.2) is 0 Å². The lowest BCUT2D eigenvalue weighted by atomic mass is 10.2. The van der Waals surface area contributed by atoms with Crippen LogP contribution in [0.25, 0.3) is 0 Å². The van der Waals surface area contributed by atoms with Gasteiger partial charge in [-0.1, -0.05) is 66.8 Å². The van der Waals surface area contributed by atoms with Crippen molar-refractivity contribution in [3.63, 3.8) is 0 Å². The molecule has 2 aromatic carbocycles. The first kappa shape index (κ1) is 17.3. The normalized spacial score (nSPS) is 10.7. The van der Waals surface area contributed by atoms with Crippen molar-refractivity contribution in [2.45, 2.75) is 13.8 Å². The average Bonchev–Trinajstić information content (AvgIpc) is 2.51. The molecule has 0 heterocycles. The first-order valence-corrected chi connectivity index (χ1v) is 7.26. The number of nitrogens with two attached hydrogens (primary N) is 1. The molecular weight excluding hydrogens is 268 g/mol. The van der Waals surface area contributed by atoms with Crippen LogP contribution < -0.4 is 11.1 Å². The van der Waals surface area contributed by atoms with E-state index in [-0.39, 0.29) is 0 Å². The molecule has 2 nitrogen and oxygen atoms in total. The van der Waals surface area contributed by atoms with Crippen LogP contribution in [0.1, 0.15) is 12.5 Å². The Morgan fingerprint density at radius 3 is 2.18 bits per heavy atom. The number of rotatable bonds is 4. The van der Waals surface area contributed by atoms with Gasteiger partial charge in [-0.15, -0.1) is 0 Å². The van der Waals surface area contributed by atoms with E-state index in [0.29, 0.717) is 0 Å². The van der Waals surface area contributed by atoms with Gasteiger partial charge in [0.15, 0.2) is 0 Å². The second-order valence-corrected chi connectivity index (χ2v) is 4.72. The highest BCUT2D eigenvalue weighted by Crippen LogP contribution is 2.19. The summed E-state index contributed by atoms with van der Waals surface area (Å²) in [7, 11) is 0. The SMILES string of the molecule is C=C/C=C(\C=C/C)Nc1ccccc1N.Cc1ccccc1. The number of aryl methyl sites for hydroxylation is 1. The Labute approximate surface area is 133 Å². The zero-order chi connectivity index (χ0) is 16.2. The highest BCUT2D eigenvalue weighted by molar-refractivity contribution is 5.68. The standard InChI is InChI=1S/C13H16N2.C7H8/c1-3-7-11(8-4-2)15-13-10-6-5-9-12(13)14;1-7-5-3-2-4-6-7/h3-10,15H,1,14H2,2H3;2-6H,1H3/b8-4-,11-7+;. The summed E-state index contributed by atoms with van der Waals surface area (Å²) in [6, 6.07) is 17.9. The van der Waals surface area contributed by atoms with E-state index in [4.69, 9.17) is 5.73 Å². The van der Waals surface area contributed by atoms with Gasteiger partial charge < -0.3 is 11.1 Å². The maximum Gasteiger partial charge on any atom is 0.0617 e. The van der Waals surface area contributed by atoms with E-state index in [1.165, 1.54) is 5.56 Å². The largest absolute Gasteiger partial charge is 0.397 e. The van der Waals surface area contributed by atoms with Crippen LogP contribution in [0.5, 0.6) is 0 Å². The lowest BCUT2D eigenvalue weighted by molar-refractivity contribution is 1.46. The van der Waals surface area contributed by atoms with Crippen molar-refractivity contribution in [2.24, 2.45) is 0 Å². The fourth-order valence-electron chi connectivity index (χ4n) is 1.75. The van der Waals surface area contributed by atoms with E-state index >= 15 is 0 Å². The summed E-state index contributed by atoms with van der Waals surface area (Å²) in [5, 5.41) is 3.23. The molecular formula is C20H24N2. The van der Waals surface area contributed by atoms with Gasteiger partial charge in [-0.05, 0) is 38.1 Å². The molecule has 0 radical (unpaired) electrons. The van der Waals surface area contributed by atoms with Gasteiger partial charge in [-0.2, -0.15) is 0 Å². The van der Waals surface area contributed by atoms with Crippen molar-refractivity contribution >= 4 is 11.4 Å². The van der Waals surface area contributed by atoms with E-state index in [1.54, 1.807) is 6.08 Å². The number of nitrogen functional groups attached to an aromatic ring is 1. The molecule has 2 rings (SSSR count). The molecule has 0 aliphatic rings. The molecule has 0 aliphatic heterocycles. The van der Waals surface area contributed by atoms with Gasteiger partial charge in [0.05, 0.1) is 11.4 Å². The Morgan fingerprint density at radius 1 is 1.05 bits per heavy atom. The zero-order valence-electron chi connectivity index (χ0n) is 13.3. The quantitative estimate of drug-likeness (QED) is 0.591. The number of hydrogen-bond acceptors (Lipinski definition) is 2. The van der Waals surface area contributed by atoms with Crippen LogP contribution in [-0.4, -0.2) is 0 Å². The minimum atomic E-state index is 0.733. The summed E-state index contributed by atoms with van der Waals surface area (Å²) in [5.74, 6) is 0. The number of para-hydroxylation sites is 2. The van der Waals surface area contributed by atoms with Crippen molar-refractivity contribution < 1.29 is 0 Å². The summed E-state index contributed by atoms with van der Waals surface area (Å²) >= 11 is 0. The topological polar surface area (TPSA) is 38.0 Å². The molecule has 114 valence electrons. The highest BCUT2D eigenvalue weighted by atomic mass is 14.9. The maximum atomic E-state index is 5.82. The fourth-order valence-corrected chi connectivity index (χ4v) is 1.75. The molecule has 0 spiro atoms. The fraction of sp³-hybridized carbons (Fsp3) is 0.100. The minimum absolute atomic E-state index is 0.733. The molecule has 0 atom stereocenters. The molecule has 0 aliphatic carbocycles. The number of nitrogens with one attached hydrogen (secondary N) is 1. The first-order chi connectivity index (χ1) is 10.7. The van der Waals surface area contributed by atoms with E-state index in [0.717, 1.165) is 17.1 Å². The Kier molecular flexibility index (Phi) is 7.91. The monoisotopic (exact) mass is 292 g/mol. The van der Waals surface area contributed by atoms with Crippen molar-refractivity contribution in [3.05, 3.63) is 96.7 Å². The first-order valence-electron chi connectivity index (χ1n) is 7.26. The molecule has 0 fully saturated rings. The van der Waals surface area contributed by atoms with Gasteiger partial charge in [0.2, 0.25) is 0 Å². The third-order valence-electron chi connectivity index (χ3n) is 2.82. The molecule has 22 heavy (non-hydrogen) atoms. The number of benzene rings is 2. The smallest absolute Gasteiger partial charge is 0.0617 e. The molecule has 0 bridgehead atoms. The number of hydrogen-bond donors (Lipinski definition) is 2. The van der Waals surface area contributed by atoms with Gasteiger partial charge >= 0.3 is 0 Å². The molecule has 3 N–H and O–H groups in total. The van der Waals surface area contributed by atoms with Crippen molar-refractivity contribution in [3.8, 4) is 0 Å². The van der Waals surface area contributed by atoms with Gasteiger partial charge in [-0.3, -0.25) is 0 Å². The van der Waals surface area contributed by atoms with Crippen LogP contribution >= 0.6 is 0 Å². The van der Waals surface area contributed by atoms with Crippen LogP contribution in [0.15, 0.2) is 91.2 Å². The number of anilines is 2. The third kappa shape index (κ3) is 6.62. The molecule has 0 aromatic heterocycles. The van der Waals surface area contributed by atoms with E-state index < -0.39 is 0 Å². The van der Waals surface area contributed by atoms with Gasteiger partial charge in [0, 0.05) is 5.70 Å². The summed E-state index contributed by atoms with van der Waals surface area (Å²) in [6.45, 7) is 7.71. The van der Waals surface area contributed by atoms with Crippen LogP contribution in [0.4, 0.5) is 11.4 Å². The summed E-state index contributed by atoms with van der Waals surface area (Å²) < 4.78 is 0. The second kappa shape index (κ2) is 10.1. The van der Waals surface area contributed by atoms with E-state index in [2.05, 4.69) is 31.0 Å². The van der Waals surface area contributed by atoms with Crippen LogP contribution in [0.3, 0.4) is 0 Å². The predicted octanol–water partition coefficient (Wildman–Crippen LogP) is 5.32. The lowest BCUT2D eigenvalue weighted by Crippen LogP contribution is -2.00. The Hall–Kier alpha value is -2.74. The number of allylic oxidation sites excluding steroid dienone is 4. The molecule has 0 amide bonds. The Morgan fingerprint density at radius 2 is 1.68 bits per heavy atom. The Balaban J connectivity index is 0.000000287. The van der Waals surface area contributed by atoms with E-state index in [9.17, 15) is 0 Å². The van der Waals surface area contributed by atoms with Crippen LogP contribution in [-0.2, 0) is 0 Å². The van der Waals surface area contributed by atoms with Crippen molar-refractivity contribution in [1.29, 1.82) is 0 Å². The highest BCUT2D eigenvalue weighted by Gasteiger charge is 1.97. The summed E-state index contributed by atoms with van der Waals surface area (Å²) in [6.07, 6.45) is 7.56. The molecule has 0 unspecified atom stereocenters. The zero-order valence-corrected chi connectivity index (χ0v) is 13.3.